The highest BCUT2D eigenvalue weighted by Gasteiger charge is 2.35. The van der Waals surface area contributed by atoms with Crippen molar-refractivity contribution in [3.05, 3.63) is 57.6 Å². The Labute approximate surface area is 164 Å². The number of anilines is 2. The van der Waals surface area contributed by atoms with E-state index >= 15 is 0 Å². The Morgan fingerprint density at radius 1 is 0.741 bits per heavy atom. The van der Waals surface area contributed by atoms with Gasteiger partial charge in [0.25, 0.3) is 0 Å². The van der Waals surface area contributed by atoms with Crippen LogP contribution in [0.3, 0.4) is 0 Å². The third kappa shape index (κ3) is 3.84. The molecule has 0 aliphatic carbocycles. The van der Waals surface area contributed by atoms with Crippen molar-refractivity contribution >= 4 is 11.4 Å². The van der Waals surface area contributed by atoms with E-state index in [0.717, 1.165) is 26.1 Å². The fraction of sp³-hybridized carbons (Fsp3) is 0.500. The van der Waals surface area contributed by atoms with Crippen LogP contribution >= 0.6 is 0 Å². The van der Waals surface area contributed by atoms with Gasteiger partial charge in [0, 0.05) is 24.5 Å². The Morgan fingerprint density at radius 2 is 1.11 bits per heavy atom. The molecule has 3 nitrogen and oxygen atoms in total. The van der Waals surface area contributed by atoms with Crippen molar-refractivity contribution in [2.24, 2.45) is 0 Å². The van der Waals surface area contributed by atoms with Gasteiger partial charge in [-0.05, 0) is 70.2 Å². The van der Waals surface area contributed by atoms with Gasteiger partial charge in [0.05, 0.1) is 6.61 Å². The van der Waals surface area contributed by atoms with Crippen LogP contribution in [0.4, 0.5) is 11.4 Å². The molecular formula is C24H34N2O. The number of hydrogen-bond donors (Lipinski definition) is 0. The number of ether oxygens (including phenoxy) is 1. The molecule has 0 atom stereocenters. The fourth-order valence-corrected chi connectivity index (χ4v) is 4.70. The first-order chi connectivity index (χ1) is 12.8. The molecule has 1 saturated heterocycles. The van der Waals surface area contributed by atoms with Crippen LogP contribution in [-0.2, 0) is 4.74 Å². The van der Waals surface area contributed by atoms with Crippen LogP contribution in [0.1, 0.15) is 46.7 Å². The van der Waals surface area contributed by atoms with E-state index < -0.39 is 0 Å². The smallest absolute Gasteiger partial charge is 0.210 e. The van der Waals surface area contributed by atoms with Gasteiger partial charge in [-0.15, -0.1) is 0 Å². The van der Waals surface area contributed by atoms with Crippen molar-refractivity contribution < 1.29 is 4.74 Å². The summed E-state index contributed by atoms with van der Waals surface area (Å²) < 4.78 is 6.42. The van der Waals surface area contributed by atoms with Gasteiger partial charge < -0.3 is 14.5 Å². The molecule has 1 fully saturated rings. The van der Waals surface area contributed by atoms with Crippen molar-refractivity contribution in [1.29, 1.82) is 0 Å². The third-order valence-electron chi connectivity index (χ3n) is 5.43. The summed E-state index contributed by atoms with van der Waals surface area (Å²) >= 11 is 0. The number of rotatable bonds is 5. The molecule has 0 aromatic heterocycles. The number of hydrogen-bond acceptors (Lipinski definition) is 3. The summed E-state index contributed by atoms with van der Waals surface area (Å²) in [5.41, 5.74) is 10.6. The summed E-state index contributed by atoms with van der Waals surface area (Å²) in [7, 11) is 0. The molecule has 146 valence electrons. The molecule has 1 aliphatic heterocycles. The first kappa shape index (κ1) is 19.8. The SMILES string of the molecule is CCCOC1N(c2c(C)cc(C)cc2C)CCN1c1c(C)cc(C)cc1C. The summed E-state index contributed by atoms with van der Waals surface area (Å²) in [5.74, 6) is 0. The normalized spacial score (nSPS) is 15.1. The Bertz CT molecular complexity index is 716. The average Bonchev–Trinajstić information content (AvgIpc) is 2.94. The monoisotopic (exact) mass is 366 g/mol. The summed E-state index contributed by atoms with van der Waals surface area (Å²) in [6.45, 7) is 18.1. The van der Waals surface area contributed by atoms with Crippen molar-refractivity contribution in [2.45, 2.75) is 61.2 Å². The molecule has 0 saturated carbocycles. The van der Waals surface area contributed by atoms with Gasteiger partial charge in [-0.2, -0.15) is 0 Å². The molecule has 0 amide bonds. The van der Waals surface area contributed by atoms with Crippen LogP contribution in [0.2, 0.25) is 0 Å². The summed E-state index contributed by atoms with van der Waals surface area (Å²) in [6, 6.07) is 9.13. The second kappa shape index (κ2) is 7.93. The van der Waals surface area contributed by atoms with Crippen LogP contribution in [0.15, 0.2) is 24.3 Å². The molecule has 1 heterocycles. The van der Waals surface area contributed by atoms with E-state index in [1.54, 1.807) is 0 Å². The third-order valence-corrected chi connectivity index (χ3v) is 5.43. The van der Waals surface area contributed by atoms with E-state index in [1.807, 2.05) is 0 Å². The maximum Gasteiger partial charge on any atom is 0.210 e. The van der Waals surface area contributed by atoms with E-state index in [1.165, 1.54) is 44.8 Å². The van der Waals surface area contributed by atoms with Gasteiger partial charge in [0.2, 0.25) is 6.35 Å². The predicted octanol–water partition coefficient (Wildman–Crippen LogP) is 5.57. The summed E-state index contributed by atoms with van der Waals surface area (Å²) in [5, 5.41) is 0. The minimum absolute atomic E-state index is 0.0508. The fourth-order valence-electron chi connectivity index (χ4n) is 4.70. The van der Waals surface area contributed by atoms with Crippen molar-refractivity contribution in [3.8, 4) is 0 Å². The number of benzene rings is 2. The van der Waals surface area contributed by atoms with Crippen LogP contribution < -0.4 is 9.80 Å². The van der Waals surface area contributed by atoms with Gasteiger partial charge in [-0.25, -0.2) is 0 Å². The maximum absolute atomic E-state index is 6.42. The molecule has 2 aromatic rings. The Morgan fingerprint density at radius 3 is 1.44 bits per heavy atom. The lowest BCUT2D eigenvalue weighted by atomic mass is 10.0. The highest BCUT2D eigenvalue weighted by Crippen LogP contribution is 2.36. The molecule has 3 rings (SSSR count). The maximum atomic E-state index is 6.42. The molecular weight excluding hydrogens is 332 g/mol. The van der Waals surface area contributed by atoms with Crippen LogP contribution in [0.5, 0.6) is 0 Å². The lowest BCUT2D eigenvalue weighted by Gasteiger charge is -2.35. The van der Waals surface area contributed by atoms with Crippen LogP contribution in [0.25, 0.3) is 0 Å². The first-order valence-electron chi connectivity index (χ1n) is 10.1. The van der Waals surface area contributed by atoms with Gasteiger partial charge in [-0.1, -0.05) is 42.3 Å². The standard InChI is InChI=1S/C24H34N2O/c1-8-11-27-24-25(22-18(4)12-16(2)13-19(22)5)9-10-26(24)23-20(6)14-17(3)15-21(23)7/h12-15,24H,8-11H2,1-7H3. The topological polar surface area (TPSA) is 15.7 Å². The van der Waals surface area contributed by atoms with Gasteiger partial charge in [0.15, 0.2) is 0 Å². The molecule has 27 heavy (non-hydrogen) atoms. The highest BCUT2D eigenvalue weighted by molar-refractivity contribution is 5.67. The second-order valence-electron chi connectivity index (χ2n) is 8.08. The zero-order chi connectivity index (χ0) is 19.7. The number of aryl methyl sites for hydroxylation is 6. The van der Waals surface area contributed by atoms with E-state index in [2.05, 4.69) is 82.5 Å². The molecule has 0 bridgehead atoms. The van der Waals surface area contributed by atoms with Gasteiger partial charge in [-0.3, -0.25) is 0 Å². The molecule has 0 unspecified atom stereocenters. The van der Waals surface area contributed by atoms with Crippen molar-refractivity contribution in [1.82, 2.24) is 0 Å². The molecule has 0 spiro atoms. The van der Waals surface area contributed by atoms with Crippen LogP contribution in [0, 0.1) is 41.5 Å². The predicted molar refractivity (Wildman–Crippen MR) is 116 cm³/mol. The van der Waals surface area contributed by atoms with Gasteiger partial charge >= 0.3 is 0 Å². The molecule has 0 N–H and O–H groups in total. The minimum atomic E-state index is -0.0508. The highest BCUT2D eigenvalue weighted by atomic mass is 16.5. The molecule has 3 heteroatoms. The first-order valence-corrected chi connectivity index (χ1v) is 10.1. The van der Waals surface area contributed by atoms with Crippen LogP contribution in [-0.4, -0.2) is 26.0 Å². The Hall–Kier alpha value is -2.00. The zero-order valence-corrected chi connectivity index (χ0v) is 18.0. The minimum Gasteiger partial charge on any atom is -0.340 e. The zero-order valence-electron chi connectivity index (χ0n) is 18.0. The van der Waals surface area contributed by atoms with E-state index in [9.17, 15) is 0 Å². The number of nitrogens with zero attached hydrogens (tertiary/aromatic N) is 2. The Balaban J connectivity index is 2.04. The summed E-state index contributed by atoms with van der Waals surface area (Å²) in [4.78, 5) is 4.91. The van der Waals surface area contributed by atoms with E-state index in [-0.39, 0.29) is 6.35 Å². The second-order valence-corrected chi connectivity index (χ2v) is 8.08. The average molecular weight is 367 g/mol. The van der Waals surface area contributed by atoms with E-state index in [0.29, 0.717) is 0 Å². The lowest BCUT2D eigenvalue weighted by molar-refractivity contribution is 0.0630. The summed E-state index contributed by atoms with van der Waals surface area (Å²) in [6.07, 6.45) is 0.973. The van der Waals surface area contributed by atoms with E-state index in [4.69, 9.17) is 4.74 Å². The van der Waals surface area contributed by atoms with Gasteiger partial charge in [0.1, 0.15) is 0 Å². The Kier molecular flexibility index (Phi) is 5.81. The largest absolute Gasteiger partial charge is 0.340 e. The molecule has 0 radical (unpaired) electrons. The molecule has 1 aliphatic rings. The lowest BCUT2D eigenvalue weighted by Crippen LogP contribution is -2.42. The molecule has 2 aromatic carbocycles. The van der Waals surface area contributed by atoms with Crippen molar-refractivity contribution in [3.63, 3.8) is 0 Å². The quantitative estimate of drug-likeness (QED) is 0.687. The van der Waals surface area contributed by atoms with Crippen molar-refractivity contribution in [2.75, 3.05) is 29.5 Å².